The fourth-order valence-corrected chi connectivity index (χ4v) is 3.26. The summed E-state index contributed by atoms with van der Waals surface area (Å²) in [5.41, 5.74) is 0.784. The molecule has 170 valence electrons. The summed E-state index contributed by atoms with van der Waals surface area (Å²) >= 11 is 0. The lowest BCUT2D eigenvalue weighted by atomic mass is 9.98. The topological polar surface area (TPSA) is 183 Å². The molecule has 0 spiro atoms. The van der Waals surface area contributed by atoms with Crippen molar-refractivity contribution in [2.24, 2.45) is 0 Å². The van der Waals surface area contributed by atoms with Gasteiger partial charge in [-0.05, 0) is 23.8 Å². The van der Waals surface area contributed by atoms with Gasteiger partial charge in [0.25, 0.3) is 0 Å². The second-order valence-electron chi connectivity index (χ2n) is 7.10. The zero-order chi connectivity index (χ0) is 23.6. The lowest BCUT2D eigenvalue weighted by Gasteiger charge is -2.38. The van der Waals surface area contributed by atoms with Gasteiger partial charge in [-0.15, -0.1) is 0 Å². The summed E-state index contributed by atoms with van der Waals surface area (Å²) in [6.45, 7) is 1.24. The highest BCUT2D eigenvalue weighted by molar-refractivity contribution is 5.94. The van der Waals surface area contributed by atoms with Crippen LogP contribution in [0.15, 0.2) is 42.5 Å². The predicted molar refractivity (Wildman–Crippen MR) is 108 cm³/mol. The number of amides is 1. The van der Waals surface area contributed by atoms with Crippen molar-refractivity contribution in [1.29, 1.82) is 0 Å². The average molecular weight is 447 g/mol. The SMILES string of the molecule is CC(=O)Nc1cccc(-c2cccc(C(=O)O)c2)c1OC1OC(C(=O)O)C(O)C(O)C1O. The third kappa shape index (κ3) is 4.70. The van der Waals surface area contributed by atoms with Gasteiger partial charge in [0.15, 0.2) is 11.9 Å². The molecule has 2 aromatic rings. The van der Waals surface area contributed by atoms with Gasteiger partial charge in [-0.2, -0.15) is 0 Å². The molecule has 0 bridgehead atoms. The monoisotopic (exact) mass is 447 g/mol. The van der Waals surface area contributed by atoms with Crippen LogP contribution in [-0.2, 0) is 14.3 Å². The maximum absolute atomic E-state index is 11.7. The van der Waals surface area contributed by atoms with Gasteiger partial charge < -0.3 is 40.3 Å². The van der Waals surface area contributed by atoms with E-state index in [1.165, 1.54) is 31.2 Å². The Labute approximate surface area is 181 Å². The first-order chi connectivity index (χ1) is 15.1. The van der Waals surface area contributed by atoms with E-state index >= 15 is 0 Å². The lowest BCUT2D eigenvalue weighted by molar-refractivity contribution is -0.270. The predicted octanol–water partition coefficient (Wildman–Crippen LogP) is 0.281. The van der Waals surface area contributed by atoms with E-state index < -0.39 is 48.6 Å². The zero-order valence-corrected chi connectivity index (χ0v) is 16.7. The van der Waals surface area contributed by atoms with E-state index in [2.05, 4.69) is 5.32 Å². The number of rotatable bonds is 6. The number of carbonyl (C=O) groups excluding carboxylic acids is 1. The van der Waals surface area contributed by atoms with Crippen molar-refractivity contribution in [3.8, 4) is 16.9 Å². The zero-order valence-electron chi connectivity index (χ0n) is 16.7. The number of aliphatic hydroxyl groups is 3. The van der Waals surface area contributed by atoms with Gasteiger partial charge in [0.1, 0.15) is 18.3 Å². The Kier molecular flexibility index (Phi) is 6.75. The molecule has 0 radical (unpaired) electrons. The molecule has 32 heavy (non-hydrogen) atoms. The number of benzene rings is 2. The molecule has 5 atom stereocenters. The molecule has 1 fully saturated rings. The second kappa shape index (κ2) is 9.32. The number of carbonyl (C=O) groups is 3. The van der Waals surface area contributed by atoms with Gasteiger partial charge in [-0.1, -0.05) is 24.3 Å². The van der Waals surface area contributed by atoms with E-state index in [0.29, 0.717) is 11.1 Å². The quantitative estimate of drug-likeness (QED) is 0.360. The number of aliphatic carboxylic acids is 1. The Bertz CT molecular complexity index is 1040. The molecule has 1 heterocycles. The normalized spacial score (nSPS) is 25.1. The number of carboxylic acids is 2. The van der Waals surface area contributed by atoms with E-state index in [-0.39, 0.29) is 17.0 Å². The molecule has 0 saturated carbocycles. The largest absolute Gasteiger partial charge is 0.479 e. The number of aromatic carboxylic acids is 1. The van der Waals surface area contributed by atoms with Crippen LogP contribution in [0, 0.1) is 0 Å². The van der Waals surface area contributed by atoms with Gasteiger partial charge in [0.05, 0.1) is 11.3 Å². The Hall–Kier alpha value is -3.51. The maximum atomic E-state index is 11.7. The van der Waals surface area contributed by atoms with Gasteiger partial charge in [0.2, 0.25) is 12.2 Å². The standard InChI is InChI=1S/C21H21NO10/c1-9(23)22-13-7-3-6-12(10-4-2-5-11(8-10)19(27)28)17(13)31-21-16(26)14(24)15(25)18(32-21)20(29)30/h2-8,14-16,18,21,24-26H,1H3,(H,22,23)(H,27,28)(H,29,30). The number of hydrogen-bond donors (Lipinski definition) is 6. The number of anilines is 1. The molecular formula is C21H21NO10. The first-order valence-electron chi connectivity index (χ1n) is 9.43. The third-order valence-electron chi connectivity index (χ3n) is 4.79. The molecule has 0 aliphatic carbocycles. The van der Waals surface area contributed by atoms with Crippen molar-refractivity contribution in [3.63, 3.8) is 0 Å². The summed E-state index contributed by atoms with van der Waals surface area (Å²) in [7, 11) is 0. The summed E-state index contributed by atoms with van der Waals surface area (Å²) < 4.78 is 10.9. The minimum atomic E-state index is -1.90. The van der Waals surface area contributed by atoms with Crippen molar-refractivity contribution >= 4 is 23.5 Å². The minimum absolute atomic E-state index is 0.0168. The summed E-state index contributed by atoms with van der Waals surface area (Å²) in [6, 6.07) is 10.4. The Morgan fingerprint density at radius 3 is 2.28 bits per heavy atom. The number of hydrogen-bond acceptors (Lipinski definition) is 8. The molecule has 5 unspecified atom stereocenters. The lowest BCUT2D eigenvalue weighted by Crippen LogP contribution is -2.61. The van der Waals surface area contributed by atoms with E-state index in [4.69, 9.17) is 9.47 Å². The average Bonchev–Trinajstić information content (AvgIpc) is 2.74. The van der Waals surface area contributed by atoms with Crippen LogP contribution in [0.25, 0.3) is 11.1 Å². The Balaban J connectivity index is 2.07. The number of carboxylic acid groups (broad SMARTS) is 2. The van der Waals surface area contributed by atoms with Crippen molar-refractivity contribution < 1.29 is 49.4 Å². The van der Waals surface area contributed by atoms with E-state index in [1.807, 2.05) is 0 Å². The van der Waals surface area contributed by atoms with Crippen LogP contribution in [0.3, 0.4) is 0 Å². The van der Waals surface area contributed by atoms with Gasteiger partial charge in [-0.3, -0.25) is 4.79 Å². The smallest absolute Gasteiger partial charge is 0.335 e. The number of para-hydroxylation sites is 1. The first kappa shape index (κ1) is 23.2. The van der Waals surface area contributed by atoms with E-state index in [1.54, 1.807) is 18.2 Å². The van der Waals surface area contributed by atoms with E-state index in [9.17, 15) is 39.9 Å². The second-order valence-corrected chi connectivity index (χ2v) is 7.10. The fraction of sp³-hybridized carbons (Fsp3) is 0.286. The van der Waals surface area contributed by atoms with Crippen LogP contribution in [0.5, 0.6) is 5.75 Å². The molecule has 6 N–H and O–H groups in total. The molecule has 11 heteroatoms. The van der Waals surface area contributed by atoms with Gasteiger partial charge in [0, 0.05) is 12.5 Å². The van der Waals surface area contributed by atoms with Crippen molar-refractivity contribution in [2.45, 2.75) is 37.6 Å². The van der Waals surface area contributed by atoms with E-state index in [0.717, 1.165) is 0 Å². The third-order valence-corrected chi connectivity index (χ3v) is 4.79. The number of ether oxygens (including phenoxy) is 2. The summed E-state index contributed by atoms with van der Waals surface area (Å²) in [5.74, 6) is -3.28. The van der Waals surface area contributed by atoms with Crippen molar-refractivity contribution in [1.82, 2.24) is 0 Å². The van der Waals surface area contributed by atoms with Crippen LogP contribution in [0.1, 0.15) is 17.3 Å². The molecule has 1 aliphatic rings. The molecule has 1 aliphatic heterocycles. The molecule has 1 amide bonds. The highest BCUT2D eigenvalue weighted by Crippen LogP contribution is 2.39. The maximum Gasteiger partial charge on any atom is 0.335 e. The van der Waals surface area contributed by atoms with Crippen LogP contribution in [-0.4, -0.2) is 74.1 Å². The molecule has 1 saturated heterocycles. The number of nitrogens with one attached hydrogen (secondary N) is 1. The molecule has 0 aromatic heterocycles. The van der Waals surface area contributed by atoms with Crippen LogP contribution in [0.4, 0.5) is 5.69 Å². The van der Waals surface area contributed by atoms with Crippen LogP contribution < -0.4 is 10.1 Å². The van der Waals surface area contributed by atoms with Crippen molar-refractivity contribution in [2.75, 3.05) is 5.32 Å². The fourth-order valence-electron chi connectivity index (χ4n) is 3.26. The van der Waals surface area contributed by atoms with Crippen molar-refractivity contribution in [3.05, 3.63) is 48.0 Å². The Morgan fingerprint density at radius 1 is 0.969 bits per heavy atom. The summed E-state index contributed by atoms with van der Waals surface area (Å²) in [4.78, 5) is 34.4. The Morgan fingerprint density at radius 2 is 1.66 bits per heavy atom. The molecule has 3 rings (SSSR count). The first-order valence-corrected chi connectivity index (χ1v) is 9.43. The highest BCUT2D eigenvalue weighted by atomic mass is 16.7. The molecular weight excluding hydrogens is 426 g/mol. The number of aliphatic hydroxyl groups excluding tert-OH is 3. The van der Waals surface area contributed by atoms with Gasteiger partial charge >= 0.3 is 11.9 Å². The highest BCUT2D eigenvalue weighted by Gasteiger charge is 2.48. The molecule has 11 nitrogen and oxygen atoms in total. The summed E-state index contributed by atoms with van der Waals surface area (Å²) in [6.07, 6.45) is -9.23. The molecule has 2 aromatic carbocycles. The van der Waals surface area contributed by atoms with Crippen LogP contribution >= 0.6 is 0 Å². The van der Waals surface area contributed by atoms with Gasteiger partial charge in [-0.25, -0.2) is 9.59 Å². The van der Waals surface area contributed by atoms with Crippen LogP contribution in [0.2, 0.25) is 0 Å². The summed E-state index contributed by atoms with van der Waals surface area (Å²) in [5, 5.41) is 51.3. The minimum Gasteiger partial charge on any atom is -0.479 e.